The highest BCUT2D eigenvalue weighted by Crippen LogP contribution is 2.42. The van der Waals surface area contributed by atoms with Gasteiger partial charge in [-0.25, -0.2) is 4.98 Å². The second-order valence-electron chi connectivity index (χ2n) is 9.19. The molecule has 30 heavy (non-hydrogen) atoms. The Morgan fingerprint density at radius 3 is 3.00 bits per heavy atom. The number of halogens is 1. The summed E-state index contributed by atoms with van der Waals surface area (Å²) in [4.78, 5) is 15.6. The molecule has 2 aromatic rings. The normalized spacial score (nSPS) is 29.3. The molecule has 7 heteroatoms. The minimum absolute atomic E-state index is 0.530. The van der Waals surface area contributed by atoms with Crippen molar-refractivity contribution in [1.82, 2.24) is 20.2 Å². The third-order valence-corrected chi connectivity index (χ3v) is 8.00. The van der Waals surface area contributed by atoms with E-state index in [1.54, 1.807) is 0 Å². The molecule has 3 unspecified atom stereocenters. The van der Waals surface area contributed by atoms with Crippen molar-refractivity contribution >= 4 is 38.3 Å². The second kappa shape index (κ2) is 7.39. The van der Waals surface area contributed by atoms with E-state index in [0.29, 0.717) is 12.1 Å². The topological polar surface area (TPSA) is 50.4 Å². The summed E-state index contributed by atoms with van der Waals surface area (Å²) in [5.74, 6) is 0.754. The first kappa shape index (κ1) is 18.9. The summed E-state index contributed by atoms with van der Waals surface area (Å²) in [5.41, 5.74) is 4.90. The van der Waals surface area contributed by atoms with Gasteiger partial charge in [0.15, 0.2) is 0 Å². The molecular weight excluding hydrogens is 440 g/mol. The van der Waals surface area contributed by atoms with Crippen LogP contribution in [0.25, 0.3) is 11.0 Å². The summed E-state index contributed by atoms with van der Waals surface area (Å²) < 4.78 is 1.09. The highest BCUT2D eigenvalue weighted by atomic mass is 79.9. The maximum absolute atomic E-state index is 4.69. The molecule has 158 valence electrons. The highest BCUT2D eigenvalue weighted by molar-refractivity contribution is 9.10. The van der Waals surface area contributed by atoms with Crippen LogP contribution in [0.5, 0.6) is 0 Å². The fourth-order valence-electron chi connectivity index (χ4n) is 5.88. The fourth-order valence-corrected chi connectivity index (χ4v) is 6.43. The van der Waals surface area contributed by atoms with Crippen molar-refractivity contribution in [3.05, 3.63) is 40.8 Å². The largest absolute Gasteiger partial charge is 0.368 e. The van der Waals surface area contributed by atoms with E-state index < -0.39 is 0 Å². The SMILES string of the molecule is CN1CCCC1C1=CN(c2c[nH]c3ncc(Br)c(N4CC5CCNC5C4)c23)CC=C1. The van der Waals surface area contributed by atoms with Gasteiger partial charge in [0.05, 0.1) is 21.2 Å². The van der Waals surface area contributed by atoms with E-state index in [1.807, 2.05) is 6.20 Å². The van der Waals surface area contributed by atoms with Crippen LogP contribution in [0.1, 0.15) is 19.3 Å². The molecule has 2 N–H and O–H groups in total. The lowest BCUT2D eigenvalue weighted by Gasteiger charge is -2.29. The van der Waals surface area contributed by atoms with Crippen molar-refractivity contribution in [3.63, 3.8) is 0 Å². The molecule has 0 saturated carbocycles. The Morgan fingerprint density at radius 1 is 1.23 bits per heavy atom. The summed E-state index contributed by atoms with van der Waals surface area (Å²) in [6.45, 7) is 5.43. The van der Waals surface area contributed by atoms with Gasteiger partial charge in [0.1, 0.15) is 5.65 Å². The van der Waals surface area contributed by atoms with Crippen molar-refractivity contribution in [2.24, 2.45) is 5.92 Å². The van der Waals surface area contributed by atoms with Gasteiger partial charge in [-0.1, -0.05) is 12.2 Å². The Kier molecular flexibility index (Phi) is 4.66. The lowest BCUT2D eigenvalue weighted by atomic mass is 10.0. The minimum Gasteiger partial charge on any atom is -0.368 e. The van der Waals surface area contributed by atoms with Crippen molar-refractivity contribution in [2.75, 3.05) is 49.6 Å². The molecule has 6 nitrogen and oxygen atoms in total. The van der Waals surface area contributed by atoms with E-state index >= 15 is 0 Å². The first-order chi connectivity index (χ1) is 14.7. The number of hydrogen-bond donors (Lipinski definition) is 2. The van der Waals surface area contributed by atoms with Gasteiger partial charge in [0.2, 0.25) is 0 Å². The third-order valence-electron chi connectivity index (χ3n) is 7.42. The number of nitrogens with one attached hydrogen (secondary N) is 2. The van der Waals surface area contributed by atoms with Crippen LogP contribution in [0.4, 0.5) is 11.4 Å². The summed E-state index contributed by atoms with van der Waals surface area (Å²) in [6, 6.07) is 1.15. The number of likely N-dealkylation sites (tertiary alicyclic amines) is 1. The summed E-state index contributed by atoms with van der Waals surface area (Å²) >= 11 is 3.83. The molecule has 0 radical (unpaired) electrons. The van der Waals surface area contributed by atoms with Crippen LogP contribution in [-0.2, 0) is 0 Å². The van der Waals surface area contributed by atoms with E-state index in [9.17, 15) is 0 Å². The number of nitrogens with zero attached hydrogens (tertiary/aromatic N) is 4. The van der Waals surface area contributed by atoms with Crippen LogP contribution in [0, 0.1) is 5.92 Å². The van der Waals surface area contributed by atoms with Gasteiger partial charge in [-0.2, -0.15) is 0 Å². The number of aromatic nitrogens is 2. The molecule has 2 aromatic heterocycles. The molecule has 3 saturated heterocycles. The molecule has 0 aromatic carbocycles. The lowest BCUT2D eigenvalue weighted by Crippen LogP contribution is -2.31. The molecule has 0 spiro atoms. The lowest BCUT2D eigenvalue weighted by molar-refractivity contribution is 0.348. The van der Waals surface area contributed by atoms with E-state index in [-0.39, 0.29) is 0 Å². The molecule has 0 amide bonds. The smallest absolute Gasteiger partial charge is 0.141 e. The van der Waals surface area contributed by atoms with Crippen molar-refractivity contribution in [1.29, 1.82) is 0 Å². The first-order valence-electron chi connectivity index (χ1n) is 11.2. The Hall–Kier alpha value is -1.83. The molecule has 4 aliphatic rings. The zero-order chi connectivity index (χ0) is 20.2. The highest BCUT2D eigenvalue weighted by Gasteiger charge is 2.37. The van der Waals surface area contributed by atoms with Crippen LogP contribution < -0.4 is 15.1 Å². The van der Waals surface area contributed by atoms with E-state index in [1.165, 1.54) is 48.1 Å². The molecule has 3 fully saturated rings. The van der Waals surface area contributed by atoms with Gasteiger partial charge in [0.25, 0.3) is 0 Å². The van der Waals surface area contributed by atoms with E-state index in [4.69, 9.17) is 4.98 Å². The summed E-state index contributed by atoms with van der Waals surface area (Å²) in [6.07, 6.45) is 14.9. The minimum atomic E-state index is 0.530. The van der Waals surface area contributed by atoms with Crippen LogP contribution in [0.2, 0.25) is 0 Å². The Labute approximate surface area is 186 Å². The predicted molar refractivity (Wildman–Crippen MR) is 126 cm³/mol. The molecule has 6 rings (SSSR count). The number of pyridine rings is 1. The molecule has 0 aliphatic carbocycles. The van der Waals surface area contributed by atoms with Crippen molar-refractivity contribution in [2.45, 2.75) is 31.3 Å². The number of H-pyrrole nitrogens is 1. The zero-order valence-electron chi connectivity index (χ0n) is 17.4. The predicted octanol–water partition coefficient (Wildman–Crippen LogP) is 3.48. The fraction of sp³-hybridized carbons (Fsp3) is 0.522. The number of hydrogen-bond acceptors (Lipinski definition) is 5. The Bertz CT molecular complexity index is 1010. The third kappa shape index (κ3) is 3.01. The van der Waals surface area contributed by atoms with Crippen molar-refractivity contribution in [3.8, 4) is 0 Å². The maximum atomic E-state index is 4.69. The van der Waals surface area contributed by atoms with Gasteiger partial charge in [-0.3, -0.25) is 4.90 Å². The molecule has 0 bridgehead atoms. The number of anilines is 2. The van der Waals surface area contributed by atoms with E-state index in [0.717, 1.165) is 42.2 Å². The average Bonchev–Trinajstić information content (AvgIpc) is 3.51. The van der Waals surface area contributed by atoms with Crippen LogP contribution in [0.3, 0.4) is 0 Å². The molecular formula is C23H29BrN6. The number of fused-ring (bicyclic) bond motifs is 2. The van der Waals surface area contributed by atoms with Gasteiger partial charge in [-0.05, 0) is 66.8 Å². The molecule has 4 aliphatic heterocycles. The van der Waals surface area contributed by atoms with Crippen LogP contribution in [0.15, 0.2) is 40.8 Å². The molecule has 6 heterocycles. The average molecular weight is 469 g/mol. The van der Waals surface area contributed by atoms with E-state index in [2.05, 4.69) is 72.5 Å². The number of aromatic amines is 1. The number of rotatable bonds is 3. The van der Waals surface area contributed by atoms with Gasteiger partial charge in [-0.15, -0.1) is 0 Å². The Balaban J connectivity index is 1.40. The standard InChI is InChI=1S/C23H29BrN6/c1-28-8-3-5-19(28)16-4-2-9-29(13-16)20-11-27-23-21(20)22(17(24)10-26-23)30-12-15-6-7-25-18(15)14-30/h2,4,10-11,13,15,18-19,25H,3,5-9,12,14H2,1H3,(H,26,27). The van der Waals surface area contributed by atoms with Gasteiger partial charge >= 0.3 is 0 Å². The van der Waals surface area contributed by atoms with Gasteiger partial charge < -0.3 is 20.1 Å². The quantitative estimate of drug-likeness (QED) is 0.721. The second-order valence-corrected chi connectivity index (χ2v) is 10.0. The van der Waals surface area contributed by atoms with Crippen LogP contribution in [-0.4, -0.2) is 66.7 Å². The summed E-state index contributed by atoms with van der Waals surface area (Å²) in [7, 11) is 2.24. The van der Waals surface area contributed by atoms with Gasteiger partial charge in [0, 0.05) is 50.3 Å². The first-order valence-corrected chi connectivity index (χ1v) is 12.0. The Morgan fingerprint density at radius 2 is 2.17 bits per heavy atom. The monoisotopic (exact) mass is 468 g/mol. The maximum Gasteiger partial charge on any atom is 0.141 e. The zero-order valence-corrected chi connectivity index (χ0v) is 19.0. The molecule has 3 atom stereocenters. The van der Waals surface area contributed by atoms with Crippen LogP contribution >= 0.6 is 15.9 Å². The number of likely N-dealkylation sites (N-methyl/N-ethyl adjacent to an activating group) is 1. The van der Waals surface area contributed by atoms with Crippen molar-refractivity contribution < 1.29 is 0 Å². The summed E-state index contributed by atoms with van der Waals surface area (Å²) in [5, 5.41) is 4.92.